The summed E-state index contributed by atoms with van der Waals surface area (Å²) in [7, 11) is 1.52. The van der Waals surface area contributed by atoms with E-state index in [0.29, 0.717) is 21.5 Å². The fraction of sp³-hybridized carbons (Fsp3) is 0.381. The summed E-state index contributed by atoms with van der Waals surface area (Å²) in [6.45, 7) is 5.39. The van der Waals surface area contributed by atoms with Crippen LogP contribution in [0.5, 0.6) is 11.5 Å². The number of hydrogen-bond acceptors (Lipinski definition) is 8. The number of carbonyl (C=O) groups excluding carboxylic acids is 1. The second-order valence-corrected chi connectivity index (χ2v) is 8.07. The summed E-state index contributed by atoms with van der Waals surface area (Å²) >= 11 is 6.57. The summed E-state index contributed by atoms with van der Waals surface area (Å²) in [4.78, 5) is 15.1. The first-order chi connectivity index (χ1) is 15.2. The van der Waals surface area contributed by atoms with Crippen LogP contribution in [-0.4, -0.2) is 68.7 Å². The number of thiocarbonyl (C=S) groups is 1. The topological polar surface area (TPSA) is 84.4 Å². The highest BCUT2D eigenvalue weighted by Crippen LogP contribution is 2.28. The van der Waals surface area contributed by atoms with E-state index >= 15 is 0 Å². The highest BCUT2D eigenvalue weighted by atomic mass is 32.1. The average molecular weight is 463 g/mol. The standard InChI is InChI=1S/C21H26N4O4S2/c1-27-18-14-16(5-6-17(18)29-20(26)19-4-2-13-31-19)15-23-24-21(30)22-7-3-8-25-9-11-28-12-10-25/h2,4-6,13-15H,3,7-12H2,1H3,(H2,22,24,30)/b23-15+. The van der Waals surface area contributed by atoms with E-state index in [9.17, 15) is 4.79 Å². The molecular weight excluding hydrogens is 436 g/mol. The lowest BCUT2D eigenvalue weighted by Gasteiger charge is -2.26. The van der Waals surface area contributed by atoms with Crippen molar-refractivity contribution in [3.05, 3.63) is 46.2 Å². The monoisotopic (exact) mass is 462 g/mol. The Morgan fingerprint density at radius 1 is 1.32 bits per heavy atom. The van der Waals surface area contributed by atoms with Crippen molar-refractivity contribution < 1.29 is 19.0 Å². The van der Waals surface area contributed by atoms with Gasteiger partial charge in [0.1, 0.15) is 4.88 Å². The highest BCUT2D eigenvalue weighted by molar-refractivity contribution is 7.80. The largest absolute Gasteiger partial charge is 0.493 e. The van der Waals surface area contributed by atoms with Gasteiger partial charge in [0.25, 0.3) is 0 Å². The first-order valence-electron chi connectivity index (χ1n) is 9.96. The number of rotatable bonds is 9. The maximum atomic E-state index is 12.1. The quantitative estimate of drug-likeness (QED) is 0.147. The fourth-order valence-corrected chi connectivity index (χ4v) is 3.68. The Kier molecular flexibility index (Phi) is 9.22. The summed E-state index contributed by atoms with van der Waals surface area (Å²) < 4.78 is 16.1. The van der Waals surface area contributed by atoms with Gasteiger partial charge in [-0.15, -0.1) is 11.3 Å². The molecule has 2 N–H and O–H groups in total. The van der Waals surface area contributed by atoms with Gasteiger partial charge in [-0.05, 0) is 60.4 Å². The van der Waals surface area contributed by atoms with Gasteiger partial charge in [-0.25, -0.2) is 4.79 Å². The van der Waals surface area contributed by atoms with E-state index in [1.54, 1.807) is 36.5 Å². The summed E-state index contributed by atoms with van der Waals surface area (Å²) in [5.74, 6) is 0.377. The van der Waals surface area contributed by atoms with Crippen molar-refractivity contribution in [2.24, 2.45) is 5.10 Å². The number of nitrogens with one attached hydrogen (secondary N) is 2. The van der Waals surface area contributed by atoms with Crippen molar-refractivity contribution in [1.29, 1.82) is 0 Å². The van der Waals surface area contributed by atoms with E-state index < -0.39 is 5.97 Å². The van der Waals surface area contributed by atoms with Crippen molar-refractivity contribution in [2.75, 3.05) is 46.5 Å². The molecule has 0 saturated carbocycles. The van der Waals surface area contributed by atoms with Gasteiger partial charge in [-0.2, -0.15) is 5.10 Å². The van der Waals surface area contributed by atoms with Crippen LogP contribution in [-0.2, 0) is 4.74 Å². The molecule has 2 aromatic rings. The number of thiophene rings is 1. The molecule has 0 bridgehead atoms. The van der Waals surface area contributed by atoms with Gasteiger partial charge in [-0.3, -0.25) is 10.3 Å². The summed E-state index contributed by atoms with van der Waals surface area (Å²) in [5, 5.41) is 9.58. The summed E-state index contributed by atoms with van der Waals surface area (Å²) in [6, 6.07) is 8.71. The normalized spacial score (nSPS) is 14.4. The highest BCUT2D eigenvalue weighted by Gasteiger charge is 2.13. The Morgan fingerprint density at radius 2 is 2.16 bits per heavy atom. The van der Waals surface area contributed by atoms with Crippen LogP contribution in [0.4, 0.5) is 0 Å². The maximum Gasteiger partial charge on any atom is 0.353 e. The van der Waals surface area contributed by atoms with Gasteiger partial charge >= 0.3 is 5.97 Å². The molecule has 10 heteroatoms. The third-order valence-corrected chi connectivity index (χ3v) is 5.62. The van der Waals surface area contributed by atoms with E-state index in [-0.39, 0.29) is 0 Å². The lowest BCUT2D eigenvalue weighted by Crippen LogP contribution is -2.39. The number of ether oxygens (including phenoxy) is 3. The fourth-order valence-electron chi connectivity index (χ4n) is 2.93. The van der Waals surface area contributed by atoms with Gasteiger partial charge in [0.05, 0.1) is 26.5 Å². The predicted molar refractivity (Wildman–Crippen MR) is 125 cm³/mol. The van der Waals surface area contributed by atoms with Gasteiger partial charge in [0, 0.05) is 19.6 Å². The zero-order chi connectivity index (χ0) is 21.9. The molecule has 0 spiro atoms. The molecule has 31 heavy (non-hydrogen) atoms. The Morgan fingerprint density at radius 3 is 2.90 bits per heavy atom. The molecule has 1 fully saturated rings. The second kappa shape index (κ2) is 12.4. The van der Waals surface area contributed by atoms with Crippen LogP contribution in [0.1, 0.15) is 21.7 Å². The Balaban J connectivity index is 1.42. The van der Waals surface area contributed by atoms with Crippen molar-refractivity contribution in [3.8, 4) is 11.5 Å². The molecule has 0 radical (unpaired) electrons. The second-order valence-electron chi connectivity index (χ2n) is 6.71. The molecule has 2 heterocycles. The molecule has 8 nitrogen and oxygen atoms in total. The maximum absolute atomic E-state index is 12.1. The molecule has 1 aliphatic rings. The number of carbonyl (C=O) groups is 1. The van der Waals surface area contributed by atoms with E-state index in [2.05, 4.69) is 20.7 Å². The molecular formula is C21H26N4O4S2. The van der Waals surface area contributed by atoms with Crippen molar-refractivity contribution >= 4 is 40.9 Å². The van der Waals surface area contributed by atoms with Crippen molar-refractivity contribution in [2.45, 2.75) is 6.42 Å². The number of nitrogens with zero attached hydrogens (tertiary/aromatic N) is 2. The minimum atomic E-state index is -0.415. The lowest BCUT2D eigenvalue weighted by molar-refractivity contribution is 0.0376. The third-order valence-electron chi connectivity index (χ3n) is 4.53. The average Bonchev–Trinajstić information content (AvgIpc) is 3.33. The lowest BCUT2D eigenvalue weighted by atomic mass is 10.2. The van der Waals surface area contributed by atoms with Crippen molar-refractivity contribution in [1.82, 2.24) is 15.6 Å². The van der Waals surface area contributed by atoms with Crippen LogP contribution in [0, 0.1) is 0 Å². The molecule has 3 rings (SSSR count). The molecule has 166 valence electrons. The molecule has 1 aromatic carbocycles. The predicted octanol–water partition coefficient (Wildman–Crippen LogP) is 2.50. The Bertz CT molecular complexity index is 884. The van der Waals surface area contributed by atoms with Crippen LogP contribution in [0.3, 0.4) is 0 Å². The van der Waals surface area contributed by atoms with E-state index in [1.807, 2.05) is 5.38 Å². The summed E-state index contributed by atoms with van der Waals surface area (Å²) in [5.41, 5.74) is 3.58. The number of hydrazone groups is 1. The molecule has 1 aromatic heterocycles. The number of hydrogen-bond donors (Lipinski definition) is 2. The Hall–Kier alpha value is -2.53. The molecule has 0 unspecified atom stereocenters. The van der Waals surface area contributed by atoms with Gasteiger partial charge in [-0.1, -0.05) is 6.07 Å². The molecule has 0 atom stereocenters. The summed E-state index contributed by atoms with van der Waals surface area (Å²) in [6.07, 6.45) is 2.61. The Labute approximate surface area is 191 Å². The number of esters is 1. The zero-order valence-electron chi connectivity index (χ0n) is 17.3. The smallest absolute Gasteiger partial charge is 0.353 e. The van der Waals surface area contributed by atoms with Crippen LogP contribution < -0.4 is 20.2 Å². The van der Waals surface area contributed by atoms with E-state index in [0.717, 1.165) is 51.4 Å². The van der Waals surface area contributed by atoms with Gasteiger partial charge in [0.2, 0.25) is 0 Å². The minimum absolute atomic E-state index is 0.350. The first kappa shape index (κ1) is 23.1. The van der Waals surface area contributed by atoms with E-state index in [1.165, 1.54) is 18.4 Å². The zero-order valence-corrected chi connectivity index (χ0v) is 19.0. The van der Waals surface area contributed by atoms with Crippen molar-refractivity contribution in [3.63, 3.8) is 0 Å². The molecule has 1 saturated heterocycles. The number of benzene rings is 1. The van der Waals surface area contributed by atoms with Crippen LogP contribution in [0.2, 0.25) is 0 Å². The van der Waals surface area contributed by atoms with Crippen LogP contribution in [0.15, 0.2) is 40.8 Å². The molecule has 0 aliphatic carbocycles. The minimum Gasteiger partial charge on any atom is -0.493 e. The SMILES string of the molecule is COc1cc(/C=N/NC(=S)NCCCN2CCOCC2)ccc1OC(=O)c1cccs1. The van der Waals surface area contributed by atoms with E-state index in [4.69, 9.17) is 26.4 Å². The third kappa shape index (κ3) is 7.59. The van der Waals surface area contributed by atoms with Gasteiger partial charge in [0.15, 0.2) is 16.6 Å². The van der Waals surface area contributed by atoms with Crippen LogP contribution >= 0.6 is 23.6 Å². The number of morpholine rings is 1. The first-order valence-corrected chi connectivity index (χ1v) is 11.3. The van der Waals surface area contributed by atoms with Crippen LogP contribution in [0.25, 0.3) is 0 Å². The van der Waals surface area contributed by atoms with Gasteiger partial charge < -0.3 is 19.5 Å². The molecule has 1 aliphatic heterocycles. The molecule has 0 amide bonds. The number of methoxy groups -OCH3 is 1.